The molecule has 3 aromatic heterocycles. The molecule has 4 aromatic rings. The summed E-state index contributed by atoms with van der Waals surface area (Å²) in [4.78, 5) is 49.1. The molecule has 230 valence electrons. The van der Waals surface area contributed by atoms with E-state index in [9.17, 15) is 27.6 Å². The van der Waals surface area contributed by atoms with Gasteiger partial charge in [0, 0.05) is 54.5 Å². The number of carboxylic acid groups (broad SMARTS) is 1. The number of amides is 2. The molecule has 2 amide bonds. The Bertz CT molecular complexity index is 1690. The number of imidazole rings is 1. The number of unbranched alkanes of at least 4 members (excludes halogenated alkanes) is 1. The van der Waals surface area contributed by atoms with E-state index in [1.807, 2.05) is 4.40 Å². The summed E-state index contributed by atoms with van der Waals surface area (Å²) >= 11 is 0. The average Bonchev–Trinajstić information content (AvgIpc) is 3.63. The number of rotatable bonds is 10. The number of alkyl halides is 3. The van der Waals surface area contributed by atoms with E-state index in [0.717, 1.165) is 30.6 Å². The molecule has 1 aliphatic rings. The van der Waals surface area contributed by atoms with Crippen LogP contribution < -0.4 is 16.4 Å². The average molecular weight is 610 g/mol. The fourth-order valence-electron chi connectivity index (χ4n) is 5.43. The first-order valence-electron chi connectivity index (χ1n) is 14.1. The monoisotopic (exact) mass is 609 g/mol. The summed E-state index contributed by atoms with van der Waals surface area (Å²) in [6.07, 6.45) is 2.92. The summed E-state index contributed by atoms with van der Waals surface area (Å²) in [6, 6.07) is 7.98. The van der Waals surface area contributed by atoms with Gasteiger partial charge < -0.3 is 21.5 Å². The van der Waals surface area contributed by atoms with E-state index in [1.165, 1.54) is 12.1 Å². The van der Waals surface area contributed by atoms with E-state index in [2.05, 4.69) is 20.6 Å². The number of fused-ring (bicyclic) bond motifs is 1. The predicted octanol–water partition coefficient (Wildman–Crippen LogP) is 4.90. The Kier molecular flexibility index (Phi) is 8.78. The van der Waals surface area contributed by atoms with Crippen molar-refractivity contribution in [3.8, 4) is 11.3 Å². The van der Waals surface area contributed by atoms with E-state index < -0.39 is 23.6 Å². The lowest BCUT2D eigenvalue weighted by Crippen LogP contribution is -2.30. The van der Waals surface area contributed by atoms with Crippen molar-refractivity contribution in [3.63, 3.8) is 0 Å². The van der Waals surface area contributed by atoms with Crippen molar-refractivity contribution in [1.82, 2.24) is 24.7 Å². The second-order valence-corrected chi connectivity index (χ2v) is 10.7. The fraction of sp³-hybridized carbons (Fsp3) is 0.333. The minimum atomic E-state index is -4.57. The molecule has 1 aliphatic carbocycles. The minimum Gasteiger partial charge on any atom is -0.481 e. The maximum Gasteiger partial charge on any atom is 0.416 e. The van der Waals surface area contributed by atoms with Gasteiger partial charge in [0.1, 0.15) is 28.7 Å². The molecule has 11 nitrogen and oxygen atoms in total. The first-order chi connectivity index (χ1) is 21.0. The summed E-state index contributed by atoms with van der Waals surface area (Å²) in [5.74, 6) is -0.990. The van der Waals surface area contributed by atoms with Crippen LogP contribution in [0, 0.1) is 5.92 Å². The number of benzene rings is 1. The third kappa shape index (κ3) is 6.79. The number of carbonyl (C=O) groups is 3. The van der Waals surface area contributed by atoms with Crippen LogP contribution in [0.3, 0.4) is 0 Å². The molecule has 5 rings (SSSR count). The van der Waals surface area contributed by atoms with Crippen molar-refractivity contribution in [3.05, 3.63) is 71.9 Å². The molecular weight excluding hydrogens is 579 g/mol. The normalized spacial score (nSPS) is 16.6. The van der Waals surface area contributed by atoms with E-state index in [0.29, 0.717) is 49.0 Å². The van der Waals surface area contributed by atoms with Gasteiger partial charge in [0.2, 0.25) is 5.91 Å². The van der Waals surface area contributed by atoms with Crippen molar-refractivity contribution < 1.29 is 32.7 Å². The molecule has 0 spiro atoms. The zero-order valence-electron chi connectivity index (χ0n) is 23.5. The number of carboxylic acids is 1. The van der Waals surface area contributed by atoms with Gasteiger partial charge in [-0.2, -0.15) is 13.2 Å². The lowest BCUT2D eigenvalue weighted by Gasteiger charge is -2.12. The van der Waals surface area contributed by atoms with E-state index in [-0.39, 0.29) is 41.4 Å². The summed E-state index contributed by atoms with van der Waals surface area (Å²) in [5, 5.41) is 14.1. The number of aliphatic carboxylic acids is 1. The van der Waals surface area contributed by atoms with Crippen LogP contribution in [0.25, 0.3) is 16.8 Å². The third-order valence-corrected chi connectivity index (χ3v) is 7.64. The van der Waals surface area contributed by atoms with Crippen LogP contribution in [0.1, 0.15) is 66.2 Å². The molecule has 1 fully saturated rings. The van der Waals surface area contributed by atoms with Crippen molar-refractivity contribution in [2.75, 3.05) is 17.6 Å². The Morgan fingerprint density at radius 1 is 1.05 bits per heavy atom. The molecule has 5 N–H and O–H groups in total. The van der Waals surface area contributed by atoms with Gasteiger partial charge in [-0.15, -0.1) is 0 Å². The van der Waals surface area contributed by atoms with E-state index in [1.54, 1.807) is 24.5 Å². The number of aromatic nitrogens is 4. The zero-order chi connectivity index (χ0) is 31.4. The largest absolute Gasteiger partial charge is 0.481 e. The van der Waals surface area contributed by atoms with Crippen molar-refractivity contribution in [2.45, 2.75) is 50.6 Å². The van der Waals surface area contributed by atoms with Crippen LogP contribution in [0.15, 0.2) is 55.0 Å². The second-order valence-electron chi connectivity index (χ2n) is 10.7. The number of nitrogens with zero attached hydrogens (tertiary/aromatic N) is 4. The number of halogens is 3. The van der Waals surface area contributed by atoms with Gasteiger partial charge in [-0.1, -0.05) is 12.1 Å². The van der Waals surface area contributed by atoms with Gasteiger partial charge in [-0.3, -0.25) is 18.8 Å². The molecule has 0 radical (unpaired) electrons. The van der Waals surface area contributed by atoms with Gasteiger partial charge in [-0.25, -0.2) is 15.0 Å². The number of hydrogen-bond donors (Lipinski definition) is 4. The standard InChI is InChI=1S/C30H30F3N7O4/c31-30(32,33)21-10-12-35-22(16-21)38-29(44)18-6-4-17(5-7-18)24-25-26(34)36-13-14-40(25)27(39-24)19-8-9-20(15-19)28(43)37-11-2-1-3-23(41)42/h4-7,10,12-14,16,19-20H,1-3,8-9,11,15H2,(H2,34,36)(H,37,43)(H,41,42)(H,35,38,44)/t19-,20+/m1/s1. The van der Waals surface area contributed by atoms with E-state index in [4.69, 9.17) is 15.8 Å². The quantitative estimate of drug-likeness (QED) is 0.184. The molecule has 0 unspecified atom stereocenters. The molecule has 2 atom stereocenters. The highest BCUT2D eigenvalue weighted by atomic mass is 19.4. The topological polar surface area (TPSA) is 165 Å². The molecule has 1 saturated carbocycles. The molecule has 3 heterocycles. The summed E-state index contributed by atoms with van der Waals surface area (Å²) in [7, 11) is 0. The van der Waals surface area contributed by atoms with Crippen LogP contribution in [-0.2, 0) is 15.8 Å². The maximum atomic E-state index is 13.0. The van der Waals surface area contributed by atoms with Crippen LogP contribution >= 0.6 is 0 Å². The number of nitrogens with two attached hydrogens (primary N) is 1. The van der Waals surface area contributed by atoms with Crippen LogP contribution in [0.2, 0.25) is 0 Å². The van der Waals surface area contributed by atoms with Gasteiger partial charge in [0.15, 0.2) is 0 Å². The number of hydrogen-bond acceptors (Lipinski definition) is 7. The fourth-order valence-corrected chi connectivity index (χ4v) is 5.43. The van der Waals surface area contributed by atoms with Crippen LogP contribution in [-0.4, -0.2) is 48.8 Å². The minimum absolute atomic E-state index is 0.0224. The molecular formula is C30H30F3N7O4. The Morgan fingerprint density at radius 2 is 1.82 bits per heavy atom. The number of anilines is 2. The molecule has 14 heteroatoms. The number of pyridine rings is 1. The highest BCUT2D eigenvalue weighted by Gasteiger charge is 2.34. The van der Waals surface area contributed by atoms with Gasteiger partial charge in [0.25, 0.3) is 5.91 Å². The molecule has 0 saturated heterocycles. The molecule has 0 bridgehead atoms. The summed E-state index contributed by atoms with van der Waals surface area (Å²) < 4.78 is 40.9. The van der Waals surface area contributed by atoms with Crippen molar-refractivity contribution in [2.24, 2.45) is 5.92 Å². The summed E-state index contributed by atoms with van der Waals surface area (Å²) in [5.41, 5.74) is 7.32. The SMILES string of the molecule is Nc1nccn2c([C@@H]3CC[C@H](C(=O)NCCCCC(=O)O)C3)nc(-c3ccc(C(=O)Nc4cc(C(F)(F)F)ccn4)cc3)c12. The molecule has 1 aromatic carbocycles. The predicted molar refractivity (Wildman–Crippen MR) is 155 cm³/mol. The Hall–Kier alpha value is -5.01. The number of carbonyl (C=O) groups excluding carboxylic acids is 2. The smallest absolute Gasteiger partial charge is 0.416 e. The molecule has 0 aliphatic heterocycles. The van der Waals surface area contributed by atoms with Crippen LogP contribution in [0.4, 0.5) is 24.8 Å². The van der Waals surface area contributed by atoms with Gasteiger partial charge >= 0.3 is 12.1 Å². The summed E-state index contributed by atoms with van der Waals surface area (Å²) in [6.45, 7) is 0.427. The second kappa shape index (κ2) is 12.7. The van der Waals surface area contributed by atoms with Crippen molar-refractivity contribution in [1.29, 1.82) is 0 Å². The highest BCUT2D eigenvalue weighted by Crippen LogP contribution is 2.40. The first-order valence-corrected chi connectivity index (χ1v) is 14.1. The van der Waals surface area contributed by atoms with Crippen LogP contribution in [0.5, 0.6) is 0 Å². The lowest BCUT2D eigenvalue weighted by molar-refractivity contribution is -0.138. The first kappa shape index (κ1) is 30.4. The van der Waals surface area contributed by atoms with Crippen molar-refractivity contribution >= 4 is 34.9 Å². The van der Waals surface area contributed by atoms with Gasteiger partial charge in [-0.05, 0) is 56.4 Å². The number of nitrogen functional groups attached to an aromatic ring is 1. The van der Waals surface area contributed by atoms with Gasteiger partial charge in [0.05, 0.1) is 5.56 Å². The van der Waals surface area contributed by atoms with E-state index >= 15 is 0 Å². The highest BCUT2D eigenvalue weighted by molar-refractivity contribution is 6.04. The molecule has 44 heavy (non-hydrogen) atoms. The lowest BCUT2D eigenvalue weighted by atomic mass is 10.0. The Balaban J connectivity index is 1.30. The third-order valence-electron chi connectivity index (χ3n) is 7.64. The Morgan fingerprint density at radius 3 is 2.55 bits per heavy atom. The maximum absolute atomic E-state index is 13.0. The number of nitrogens with one attached hydrogen (secondary N) is 2. The zero-order valence-corrected chi connectivity index (χ0v) is 23.5. The Labute approximate surface area is 249 Å².